The lowest BCUT2D eigenvalue weighted by molar-refractivity contribution is -0.134. The Labute approximate surface area is 254 Å². The molecule has 0 bridgehead atoms. The molecular formula is C34H52O7Si. The minimum absolute atomic E-state index is 0.0278. The molecule has 2 unspecified atom stereocenters. The van der Waals surface area contributed by atoms with Crippen LogP contribution < -0.4 is 4.74 Å². The van der Waals surface area contributed by atoms with Gasteiger partial charge in [-0.15, -0.1) is 0 Å². The molecule has 2 aromatic rings. The third-order valence-corrected chi connectivity index (χ3v) is 12.7. The second-order valence-corrected chi connectivity index (χ2v) is 18.2. The molecule has 0 spiro atoms. The Bertz CT molecular complexity index is 1110. The molecule has 0 aromatic heterocycles. The number of Topliss-reactive ketones (excluding diaryl/α,β-unsaturated/α-hetero) is 2. The van der Waals surface area contributed by atoms with Gasteiger partial charge < -0.3 is 23.7 Å². The van der Waals surface area contributed by atoms with E-state index < -0.39 is 25.9 Å². The van der Waals surface area contributed by atoms with Gasteiger partial charge in [0, 0.05) is 24.9 Å². The Hall–Kier alpha value is -2.36. The lowest BCUT2D eigenvalue weighted by atomic mass is 9.85. The SMILES string of the molecule is COc1ccc(COC(CC(O)CC(=O)CC(=O)C(C)(C)CO[Si](C)(C)C(C)(C)C)[C@@H](C)OCc2ccccc2)cc1. The molecule has 0 saturated heterocycles. The second-order valence-electron chi connectivity index (χ2n) is 13.4. The summed E-state index contributed by atoms with van der Waals surface area (Å²) in [4.78, 5) is 25.9. The standard InChI is InChI=1S/C34H52O7Si/c1-25(39-22-26-13-11-10-12-14-26)31(40-23-27-15-17-30(38-7)18-16-27)20-28(35)19-29(36)21-32(37)34(5,6)24-41-42(8,9)33(2,3)4/h10-18,25,28,31,35H,19-24H2,1-9H3/t25-,28?,31?/m1/s1. The molecule has 8 heteroatoms. The van der Waals surface area contributed by atoms with Crippen molar-refractivity contribution in [3.05, 3.63) is 65.7 Å². The van der Waals surface area contributed by atoms with Crippen LogP contribution in [0.15, 0.2) is 54.6 Å². The molecule has 0 amide bonds. The minimum Gasteiger partial charge on any atom is -0.497 e. The summed E-state index contributed by atoms with van der Waals surface area (Å²) in [5.41, 5.74) is 1.20. The summed E-state index contributed by atoms with van der Waals surface area (Å²) in [7, 11) is -0.413. The van der Waals surface area contributed by atoms with Crippen LogP contribution in [0, 0.1) is 5.41 Å². The number of benzene rings is 2. The topological polar surface area (TPSA) is 91.3 Å². The largest absolute Gasteiger partial charge is 0.497 e. The van der Waals surface area contributed by atoms with Gasteiger partial charge in [0.25, 0.3) is 0 Å². The monoisotopic (exact) mass is 600 g/mol. The first kappa shape index (κ1) is 35.8. The number of carbonyl (C=O) groups is 2. The van der Waals surface area contributed by atoms with Gasteiger partial charge in [0.1, 0.15) is 17.3 Å². The predicted octanol–water partition coefficient (Wildman–Crippen LogP) is 6.90. The number of ketones is 2. The van der Waals surface area contributed by atoms with Crippen molar-refractivity contribution in [1.82, 2.24) is 0 Å². The average molecular weight is 601 g/mol. The minimum atomic E-state index is -2.03. The molecule has 0 aliphatic heterocycles. The van der Waals surface area contributed by atoms with E-state index in [0.717, 1.165) is 16.9 Å². The van der Waals surface area contributed by atoms with Crippen LogP contribution in [0.5, 0.6) is 5.75 Å². The summed E-state index contributed by atoms with van der Waals surface area (Å²) < 4.78 is 23.8. The van der Waals surface area contributed by atoms with Crippen LogP contribution in [0.2, 0.25) is 18.1 Å². The van der Waals surface area contributed by atoms with Crippen molar-refractivity contribution in [3.63, 3.8) is 0 Å². The number of aliphatic hydroxyl groups is 1. The molecule has 42 heavy (non-hydrogen) atoms. The molecule has 0 aliphatic carbocycles. The zero-order valence-corrected chi connectivity index (χ0v) is 28.1. The fourth-order valence-corrected chi connectivity index (χ4v) is 5.15. The van der Waals surface area contributed by atoms with Crippen molar-refractivity contribution in [2.24, 2.45) is 5.41 Å². The van der Waals surface area contributed by atoms with E-state index in [1.54, 1.807) is 7.11 Å². The summed E-state index contributed by atoms with van der Waals surface area (Å²) in [5.74, 6) is 0.290. The Morgan fingerprint density at radius 2 is 1.45 bits per heavy atom. The summed E-state index contributed by atoms with van der Waals surface area (Å²) >= 11 is 0. The van der Waals surface area contributed by atoms with Gasteiger partial charge in [0.15, 0.2) is 8.32 Å². The highest BCUT2D eigenvalue weighted by molar-refractivity contribution is 6.74. The highest BCUT2D eigenvalue weighted by Crippen LogP contribution is 2.38. The van der Waals surface area contributed by atoms with Crippen LogP contribution in [0.3, 0.4) is 0 Å². The molecule has 7 nitrogen and oxygen atoms in total. The molecular weight excluding hydrogens is 548 g/mol. The molecule has 3 atom stereocenters. The molecule has 0 aliphatic rings. The van der Waals surface area contributed by atoms with Crippen molar-refractivity contribution < 1.29 is 33.3 Å². The van der Waals surface area contributed by atoms with Gasteiger partial charge in [-0.1, -0.05) is 77.1 Å². The maximum atomic E-state index is 13.1. The Morgan fingerprint density at radius 3 is 2.02 bits per heavy atom. The first-order valence-electron chi connectivity index (χ1n) is 14.8. The van der Waals surface area contributed by atoms with Crippen molar-refractivity contribution in [2.75, 3.05) is 13.7 Å². The van der Waals surface area contributed by atoms with E-state index in [1.165, 1.54) is 0 Å². The van der Waals surface area contributed by atoms with E-state index in [0.29, 0.717) is 13.2 Å². The average Bonchev–Trinajstić information content (AvgIpc) is 2.93. The van der Waals surface area contributed by atoms with E-state index in [9.17, 15) is 14.7 Å². The highest BCUT2D eigenvalue weighted by Gasteiger charge is 2.40. The van der Waals surface area contributed by atoms with Crippen molar-refractivity contribution >= 4 is 19.9 Å². The Balaban J connectivity index is 1.98. The zero-order valence-electron chi connectivity index (χ0n) is 27.1. The molecule has 0 fully saturated rings. The van der Waals surface area contributed by atoms with Gasteiger partial charge in [-0.05, 0) is 48.3 Å². The molecule has 234 valence electrons. The number of methoxy groups -OCH3 is 1. The summed E-state index contributed by atoms with van der Waals surface area (Å²) in [6, 6.07) is 17.4. The Kier molecular flexibility index (Phi) is 13.6. The van der Waals surface area contributed by atoms with Crippen LogP contribution in [0.25, 0.3) is 0 Å². The number of hydrogen-bond acceptors (Lipinski definition) is 7. The summed E-state index contributed by atoms with van der Waals surface area (Å²) in [5, 5.41) is 10.9. The van der Waals surface area contributed by atoms with Crippen molar-refractivity contribution in [3.8, 4) is 5.75 Å². The molecule has 0 heterocycles. The van der Waals surface area contributed by atoms with Crippen LogP contribution in [0.1, 0.15) is 71.9 Å². The molecule has 1 N–H and O–H groups in total. The van der Waals surface area contributed by atoms with E-state index in [4.69, 9.17) is 18.6 Å². The number of carbonyl (C=O) groups excluding carboxylic acids is 2. The van der Waals surface area contributed by atoms with Crippen LogP contribution in [-0.4, -0.2) is 57.0 Å². The first-order valence-corrected chi connectivity index (χ1v) is 17.7. The molecule has 2 aromatic carbocycles. The second kappa shape index (κ2) is 15.9. The molecule has 0 saturated carbocycles. The van der Waals surface area contributed by atoms with Crippen molar-refractivity contribution in [2.45, 2.75) is 110 Å². The van der Waals surface area contributed by atoms with E-state index in [1.807, 2.05) is 75.4 Å². The third-order valence-electron chi connectivity index (χ3n) is 8.18. The molecule has 0 radical (unpaired) electrons. The molecule has 2 rings (SSSR count). The maximum Gasteiger partial charge on any atom is 0.192 e. The summed E-state index contributed by atoms with van der Waals surface area (Å²) in [6.07, 6.45) is -1.95. The fraction of sp³-hybridized carbons (Fsp3) is 0.588. The highest BCUT2D eigenvalue weighted by atomic mass is 28.4. The van der Waals surface area contributed by atoms with Gasteiger partial charge >= 0.3 is 0 Å². The van der Waals surface area contributed by atoms with E-state index >= 15 is 0 Å². The van der Waals surface area contributed by atoms with Gasteiger partial charge in [-0.25, -0.2) is 0 Å². The first-order chi connectivity index (χ1) is 19.5. The smallest absolute Gasteiger partial charge is 0.192 e. The number of hydrogen-bond donors (Lipinski definition) is 1. The predicted molar refractivity (Wildman–Crippen MR) is 169 cm³/mol. The van der Waals surface area contributed by atoms with Gasteiger partial charge in [-0.3, -0.25) is 9.59 Å². The number of rotatable bonds is 18. The third kappa shape index (κ3) is 11.7. The lowest BCUT2D eigenvalue weighted by Crippen LogP contribution is -2.44. The normalized spacial score (nSPS) is 14.7. The van der Waals surface area contributed by atoms with Gasteiger partial charge in [0.05, 0.1) is 45.1 Å². The Morgan fingerprint density at radius 1 is 0.881 bits per heavy atom. The maximum absolute atomic E-state index is 13.1. The summed E-state index contributed by atoms with van der Waals surface area (Å²) in [6.45, 7) is 17.3. The van der Waals surface area contributed by atoms with Crippen LogP contribution >= 0.6 is 0 Å². The fourth-order valence-electron chi connectivity index (χ4n) is 3.99. The van der Waals surface area contributed by atoms with Crippen LogP contribution in [-0.2, 0) is 36.7 Å². The van der Waals surface area contributed by atoms with Gasteiger partial charge in [0.2, 0.25) is 0 Å². The van der Waals surface area contributed by atoms with E-state index in [-0.39, 0.29) is 48.6 Å². The van der Waals surface area contributed by atoms with Crippen molar-refractivity contribution in [1.29, 1.82) is 0 Å². The lowest BCUT2D eigenvalue weighted by Gasteiger charge is -2.38. The van der Waals surface area contributed by atoms with Crippen LogP contribution in [0.4, 0.5) is 0 Å². The van der Waals surface area contributed by atoms with E-state index in [2.05, 4.69) is 33.9 Å². The number of aliphatic hydroxyl groups excluding tert-OH is 1. The number of ether oxygens (including phenoxy) is 3. The zero-order chi connectivity index (χ0) is 31.6. The quantitative estimate of drug-likeness (QED) is 0.147. The van der Waals surface area contributed by atoms with Gasteiger partial charge in [-0.2, -0.15) is 0 Å².